The zero-order valence-electron chi connectivity index (χ0n) is 17.1. The molecule has 31 heavy (non-hydrogen) atoms. The van der Waals surface area contributed by atoms with Crippen LogP contribution in [-0.4, -0.2) is 21.5 Å². The average Bonchev–Trinajstić information content (AvgIpc) is 3.17. The van der Waals surface area contributed by atoms with Crippen LogP contribution in [0.25, 0.3) is 22.1 Å². The highest BCUT2D eigenvalue weighted by molar-refractivity contribution is 6.01. The SMILES string of the molecule is O=C(Cn1cnc2c(oc3ccccc32)c1=O)Nc1ccc(NC2CCCCC2)cc1. The van der Waals surface area contributed by atoms with Gasteiger partial charge in [0.25, 0.3) is 5.56 Å². The first-order chi connectivity index (χ1) is 15.2. The molecule has 0 spiro atoms. The van der Waals surface area contributed by atoms with Crippen molar-refractivity contribution in [2.45, 2.75) is 44.7 Å². The zero-order chi connectivity index (χ0) is 21.2. The van der Waals surface area contributed by atoms with Crippen molar-refractivity contribution in [1.82, 2.24) is 9.55 Å². The normalized spacial score (nSPS) is 14.7. The minimum Gasteiger partial charge on any atom is -0.448 e. The monoisotopic (exact) mass is 416 g/mol. The van der Waals surface area contributed by atoms with Crippen LogP contribution in [0.5, 0.6) is 0 Å². The number of hydrogen-bond acceptors (Lipinski definition) is 5. The predicted octanol–water partition coefficient (Wildman–Crippen LogP) is 4.53. The highest BCUT2D eigenvalue weighted by Gasteiger charge is 2.15. The molecule has 0 bridgehead atoms. The van der Waals surface area contributed by atoms with Crippen LogP contribution in [0.1, 0.15) is 32.1 Å². The maximum atomic E-state index is 12.8. The van der Waals surface area contributed by atoms with E-state index in [-0.39, 0.29) is 23.6 Å². The Morgan fingerprint density at radius 1 is 1.03 bits per heavy atom. The average molecular weight is 416 g/mol. The van der Waals surface area contributed by atoms with Crippen molar-refractivity contribution in [1.29, 1.82) is 0 Å². The van der Waals surface area contributed by atoms with Gasteiger partial charge < -0.3 is 15.1 Å². The maximum absolute atomic E-state index is 12.8. The standard InChI is InChI=1S/C24H24N4O3/c29-21(27-18-12-10-17(11-13-18)26-16-6-2-1-3-7-16)14-28-15-25-22-19-8-4-5-9-20(19)31-23(22)24(28)30/h4-5,8-13,15-16,26H,1-3,6-7,14H2,(H,27,29). The summed E-state index contributed by atoms with van der Waals surface area (Å²) < 4.78 is 6.93. The molecule has 1 amide bonds. The molecule has 2 aromatic carbocycles. The summed E-state index contributed by atoms with van der Waals surface area (Å²) in [4.78, 5) is 29.6. The van der Waals surface area contributed by atoms with Gasteiger partial charge in [-0.05, 0) is 49.2 Å². The second kappa shape index (κ2) is 8.26. The van der Waals surface area contributed by atoms with Gasteiger partial charge in [-0.2, -0.15) is 0 Å². The number of para-hydroxylation sites is 1. The summed E-state index contributed by atoms with van der Waals surface area (Å²) >= 11 is 0. The van der Waals surface area contributed by atoms with Gasteiger partial charge in [0, 0.05) is 22.8 Å². The number of hydrogen-bond donors (Lipinski definition) is 2. The van der Waals surface area contributed by atoms with Crippen LogP contribution < -0.4 is 16.2 Å². The molecule has 2 aromatic heterocycles. The molecule has 1 fully saturated rings. The van der Waals surface area contributed by atoms with Crippen molar-refractivity contribution < 1.29 is 9.21 Å². The molecule has 2 N–H and O–H groups in total. The van der Waals surface area contributed by atoms with Crippen LogP contribution >= 0.6 is 0 Å². The Balaban J connectivity index is 1.27. The third-order valence-corrected chi connectivity index (χ3v) is 5.81. The molecular formula is C24H24N4O3. The van der Waals surface area contributed by atoms with E-state index < -0.39 is 0 Å². The quantitative estimate of drug-likeness (QED) is 0.499. The summed E-state index contributed by atoms with van der Waals surface area (Å²) in [7, 11) is 0. The summed E-state index contributed by atoms with van der Waals surface area (Å²) in [5, 5.41) is 7.18. The molecule has 7 heteroatoms. The fourth-order valence-electron chi connectivity index (χ4n) is 4.22. The van der Waals surface area contributed by atoms with Crippen molar-refractivity contribution in [2.24, 2.45) is 0 Å². The number of fused-ring (bicyclic) bond motifs is 3. The second-order valence-electron chi connectivity index (χ2n) is 8.06. The molecule has 0 saturated heterocycles. The Morgan fingerprint density at radius 2 is 1.77 bits per heavy atom. The molecule has 1 aliphatic rings. The van der Waals surface area contributed by atoms with Crippen molar-refractivity contribution in [3.8, 4) is 0 Å². The van der Waals surface area contributed by atoms with Gasteiger partial charge in [0.05, 0.1) is 6.33 Å². The number of nitrogens with zero attached hydrogens (tertiary/aromatic N) is 2. The molecule has 4 aromatic rings. The van der Waals surface area contributed by atoms with Gasteiger partial charge in [-0.1, -0.05) is 31.4 Å². The second-order valence-corrected chi connectivity index (χ2v) is 8.06. The smallest absolute Gasteiger partial charge is 0.297 e. The molecular weight excluding hydrogens is 392 g/mol. The van der Waals surface area contributed by atoms with E-state index in [1.165, 1.54) is 43.0 Å². The Kier molecular flexibility index (Phi) is 5.16. The first-order valence-electron chi connectivity index (χ1n) is 10.7. The molecule has 1 aliphatic carbocycles. The first-order valence-corrected chi connectivity index (χ1v) is 10.7. The Hall–Kier alpha value is -3.61. The van der Waals surface area contributed by atoms with Crippen LogP contribution in [0.3, 0.4) is 0 Å². The van der Waals surface area contributed by atoms with Gasteiger partial charge in [-0.15, -0.1) is 0 Å². The van der Waals surface area contributed by atoms with E-state index in [0.717, 1.165) is 11.1 Å². The third-order valence-electron chi connectivity index (χ3n) is 5.81. The Bertz CT molecular complexity index is 1280. The van der Waals surface area contributed by atoms with Gasteiger partial charge in [0.15, 0.2) is 0 Å². The highest BCUT2D eigenvalue weighted by atomic mass is 16.3. The summed E-state index contributed by atoms with van der Waals surface area (Å²) in [6.07, 6.45) is 7.68. The lowest BCUT2D eigenvalue weighted by atomic mass is 9.95. The van der Waals surface area contributed by atoms with Crippen LogP contribution in [-0.2, 0) is 11.3 Å². The number of benzene rings is 2. The Labute approximate surface area is 179 Å². The predicted molar refractivity (Wildman–Crippen MR) is 121 cm³/mol. The lowest BCUT2D eigenvalue weighted by Crippen LogP contribution is -2.27. The van der Waals surface area contributed by atoms with Gasteiger partial charge in [0.2, 0.25) is 11.5 Å². The van der Waals surface area contributed by atoms with E-state index in [4.69, 9.17) is 4.42 Å². The molecule has 5 rings (SSSR count). The number of rotatable bonds is 5. The lowest BCUT2D eigenvalue weighted by molar-refractivity contribution is -0.116. The van der Waals surface area contributed by atoms with Gasteiger partial charge in [-0.3, -0.25) is 14.2 Å². The molecule has 0 unspecified atom stereocenters. The third kappa shape index (κ3) is 4.03. The number of carbonyl (C=O) groups is 1. The fraction of sp³-hybridized carbons (Fsp3) is 0.292. The minimum absolute atomic E-state index is 0.138. The van der Waals surface area contributed by atoms with Gasteiger partial charge in [0.1, 0.15) is 17.6 Å². The number of amides is 1. The van der Waals surface area contributed by atoms with E-state index >= 15 is 0 Å². The van der Waals surface area contributed by atoms with Crippen molar-refractivity contribution in [3.63, 3.8) is 0 Å². The van der Waals surface area contributed by atoms with Gasteiger partial charge >= 0.3 is 0 Å². The van der Waals surface area contributed by atoms with Crippen molar-refractivity contribution >= 4 is 39.4 Å². The molecule has 158 valence electrons. The summed E-state index contributed by atoms with van der Waals surface area (Å²) in [6.45, 7) is -0.138. The topological polar surface area (TPSA) is 89.2 Å². The molecule has 2 heterocycles. The molecule has 7 nitrogen and oxygen atoms in total. The summed E-state index contributed by atoms with van der Waals surface area (Å²) in [5.74, 6) is -0.299. The van der Waals surface area contributed by atoms with E-state index in [1.54, 1.807) is 6.07 Å². The van der Waals surface area contributed by atoms with Crippen LogP contribution in [0.2, 0.25) is 0 Å². The van der Waals surface area contributed by atoms with Crippen LogP contribution in [0.15, 0.2) is 64.1 Å². The first kappa shape index (κ1) is 19.4. The summed E-state index contributed by atoms with van der Waals surface area (Å²) in [6, 6.07) is 15.6. The number of nitrogens with one attached hydrogen (secondary N) is 2. The van der Waals surface area contributed by atoms with Crippen molar-refractivity contribution in [2.75, 3.05) is 10.6 Å². The van der Waals surface area contributed by atoms with E-state index in [2.05, 4.69) is 15.6 Å². The highest BCUT2D eigenvalue weighted by Crippen LogP contribution is 2.24. The number of furan rings is 1. The van der Waals surface area contributed by atoms with Crippen molar-refractivity contribution in [3.05, 3.63) is 65.2 Å². The molecule has 0 atom stereocenters. The maximum Gasteiger partial charge on any atom is 0.297 e. The number of aromatic nitrogens is 2. The summed E-state index contributed by atoms with van der Waals surface area (Å²) in [5.41, 5.74) is 2.65. The number of carbonyl (C=O) groups excluding carboxylic acids is 1. The molecule has 1 saturated carbocycles. The van der Waals surface area contributed by atoms with Gasteiger partial charge in [-0.25, -0.2) is 4.98 Å². The van der Waals surface area contributed by atoms with E-state index in [0.29, 0.717) is 22.8 Å². The van der Waals surface area contributed by atoms with E-state index in [9.17, 15) is 9.59 Å². The van der Waals surface area contributed by atoms with Crippen LogP contribution in [0, 0.1) is 0 Å². The van der Waals surface area contributed by atoms with E-state index in [1.807, 2.05) is 42.5 Å². The van der Waals surface area contributed by atoms with Crippen LogP contribution in [0.4, 0.5) is 11.4 Å². The largest absolute Gasteiger partial charge is 0.448 e. The minimum atomic E-state index is -0.372. The molecule has 0 radical (unpaired) electrons. The fourth-order valence-corrected chi connectivity index (χ4v) is 4.22. The molecule has 0 aliphatic heterocycles. The lowest BCUT2D eigenvalue weighted by Gasteiger charge is -2.23. The Morgan fingerprint density at radius 3 is 2.58 bits per heavy atom. The number of anilines is 2. The zero-order valence-corrected chi connectivity index (χ0v) is 17.1.